The van der Waals surface area contributed by atoms with Crippen LogP contribution >= 0.6 is 0 Å². The standard InChI is InChI=1S/C19H28FN3O2/c1-25-12-4-10-22-9-2-6-19(14-22)7-3-11-23(15-19)18(24)16-5-8-21-17(20)13-16/h5,8,13H,2-4,6-7,9-12,14-15H2,1H3. The topological polar surface area (TPSA) is 45.7 Å². The number of pyridine rings is 1. The van der Waals surface area contributed by atoms with E-state index in [0.29, 0.717) is 5.56 Å². The zero-order chi connectivity index (χ0) is 17.7. The summed E-state index contributed by atoms with van der Waals surface area (Å²) in [5.41, 5.74) is 0.586. The van der Waals surface area contributed by atoms with E-state index >= 15 is 0 Å². The third-order valence-electron chi connectivity index (χ3n) is 5.49. The highest BCUT2D eigenvalue weighted by Crippen LogP contribution is 2.38. The van der Waals surface area contributed by atoms with E-state index in [9.17, 15) is 9.18 Å². The Balaban J connectivity index is 1.64. The molecule has 1 spiro atoms. The molecule has 2 aliphatic rings. The Morgan fingerprint density at radius 2 is 2.12 bits per heavy atom. The summed E-state index contributed by atoms with van der Waals surface area (Å²) in [6.45, 7) is 5.56. The second kappa shape index (κ2) is 8.23. The van der Waals surface area contributed by atoms with Crippen LogP contribution in [0.25, 0.3) is 0 Å². The molecule has 0 bridgehead atoms. The maximum absolute atomic E-state index is 13.3. The number of rotatable bonds is 5. The maximum atomic E-state index is 13.3. The van der Waals surface area contributed by atoms with Crippen LogP contribution in [-0.4, -0.2) is 67.1 Å². The molecule has 2 fully saturated rings. The lowest BCUT2D eigenvalue weighted by Gasteiger charge is -2.48. The smallest absolute Gasteiger partial charge is 0.254 e. The lowest BCUT2D eigenvalue weighted by atomic mass is 9.73. The monoisotopic (exact) mass is 349 g/mol. The van der Waals surface area contributed by atoms with Gasteiger partial charge < -0.3 is 14.5 Å². The number of hydrogen-bond donors (Lipinski definition) is 0. The van der Waals surface area contributed by atoms with Gasteiger partial charge in [-0.15, -0.1) is 0 Å². The maximum Gasteiger partial charge on any atom is 0.254 e. The minimum atomic E-state index is -0.598. The van der Waals surface area contributed by atoms with Gasteiger partial charge in [0.25, 0.3) is 5.91 Å². The number of hydrogen-bond acceptors (Lipinski definition) is 4. The molecule has 1 amide bonds. The summed E-state index contributed by atoms with van der Waals surface area (Å²) in [7, 11) is 1.74. The predicted molar refractivity (Wildman–Crippen MR) is 93.9 cm³/mol. The van der Waals surface area contributed by atoms with Gasteiger partial charge in [-0.25, -0.2) is 4.98 Å². The molecule has 1 atom stereocenters. The fourth-order valence-corrected chi connectivity index (χ4v) is 4.37. The van der Waals surface area contributed by atoms with Crippen LogP contribution < -0.4 is 0 Å². The number of likely N-dealkylation sites (tertiary alicyclic amines) is 2. The summed E-state index contributed by atoms with van der Waals surface area (Å²) in [4.78, 5) is 20.7. The average Bonchev–Trinajstić information content (AvgIpc) is 2.61. The number of carbonyl (C=O) groups is 1. The zero-order valence-electron chi connectivity index (χ0n) is 15.0. The number of amides is 1. The molecular weight excluding hydrogens is 321 g/mol. The third kappa shape index (κ3) is 4.55. The first kappa shape index (κ1) is 18.3. The molecule has 0 N–H and O–H groups in total. The molecule has 0 saturated carbocycles. The minimum Gasteiger partial charge on any atom is -0.385 e. The summed E-state index contributed by atoms with van der Waals surface area (Å²) >= 11 is 0. The predicted octanol–water partition coefficient (Wildman–Crippen LogP) is 2.58. The van der Waals surface area contributed by atoms with Gasteiger partial charge in [0.05, 0.1) is 0 Å². The van der Waals surface area contributed by atoms with Crippen LogP contribution in [0, 0.1) is 11.4 Å². The summed E-state index contributed by atoms with van der Waals surface area (Å²) < 4.78 is 18.5. The van der Waals surface area contributed by atoms with Crippen LogP contribution in [0.2, 0.25) is 0 Å². The van der Waals surface area contributed by atoms with E-state index in [1.165, 1.54) is 31.5 Å². The van der Waals surface area contributed by atoms with Gasteiger partial charge in [0, 0.05) is 63.1 Å². The van der Waals surface area contributed by atoms with Crippen molar-refractivity contribution in [2.75, 3.05) is 46.4 Å². The SMILES string of the molecule is COCCCN1CCCC2(CCCN(C(=O)c3ccnc(F)c3)C2)C1. The Morgan fingerprint density at radius 3 is 2.88 bits per heavy atom. The van der Waals surface area contributed by atoms with E-state index in [2.05, 4.69) is 9.88 Å². The van der Waals surface area contributed by atoms with Crippen molar-refractivity contribution in [3.8, 4) is 0 Å². The number of halogens is 1. The largest absolute Gasteiger partial charge is 0.385 e. The van der Waals surface area contributed by atoms with Gasteiger partial charge in [-0.2, -0.15) is 4.39 Å². The highest BCUT2D eigenvalue weighted by atomic mass is 19.1. The summed E-state index contributed by atoms with van der Waals surface area (Å²) in [6, 6.07) is 2.84. The molecule has 1 aromatic rings. The molecule has 138 valence electrons. The van der Waals surface area contributed by atoms with E-state index in [1.807, 2.05) is 4.90 Å². The van der Waals surface area contributed by atoms with E-state index in [1.54, 1.807) is 13.2 Å². The molecule has 0 aliphatic carbocycles. The molecule has 2 aliphatic heterocycles. The minimum absolute atomic E-state index is 0.0723. The van der Waals surface area contributed by atoms with Crippen LogP contribution in [0.3, 0.4) is 0 Å². The fraction of sp³-hybridized carbons (Fsp3) is 0.684. The van der Waals surface area contributed by atoms with E-state index in [-0.39, 0.29) is 11.3 Å². The van der Waals surface area contributed by atoms with Gasteiger partial charge in [0.15, 0.2) is 0 Å². The number of aromatic nitrogens is 1. The van der Waals surface area contributed by atoms with E-state index in [0.717, 1.165) is 52.2 Å². The Hall–Kier alpha value is -1.53. The molecular formula is C19H28FN3O2. The first-order chi connectivity index (χ1) is 12.1. The van der Waals surface area contributed by atoms with E-state index in [4.69, 9.17) is 4.74 Å². The summed E-state index contributed by atoms with van der Waals surface area (Å²) in [6.07, 6.45) is 6.95. The molecule has 1 unspecified atom stereocenters. The number of carbonyl (C=O) groups excluding carboxylic acids is 1. The second-order valence-electron chi connectivity index (χ2n) is 7.42. The Morgan fingerprint density at radius 1 is 1.32 bits per heavy atom. The van der Waals surface area contributed by atoms with Crippen LogP contribution in [0.4, 0.5) is 4.39 Å². The number of methoxy groups -OCH3 is 1. The zero-order valence-corrected chi connectivity index (χ0v) is 15.0. The normalized spacial score (nSPS) is 24.6. The second-order valence-corrected chi connectivity index (χ2v) is 7.42. The summed E-state index contributed by atoms with van der Waals surface area (Å²) in [5.74, 6) is -0.670. The van der Waals surface area contributed by atoms with Crippen LogP contribution in [-0.2, 0) is 4.74 Å². The number of ether oxygens (including phenoxy) is 1. The molecule has 0 radical (unpaired) electrons. The van der Waals surface area contributed by atoms with Gasteiger partial charge in [0.2, 0.25) is 5.95 Å². The van der Waals surface area contributed by atoms with Crippen molar-refractivity contribution in [2.45, 2.75) is 32.1 Å². The highest BCUT2D eigenvalue weighted by molar-refractivity contribution is 5.94. The van der Waals surface area contributed by atoms with Gasteiger partial charge in [-0.05, 0) is 44.7 Å². The average molecular weight is 349 g/mol. The van der Waals surface area contributed by atoms with Crippen molar-refractivity contribution in [3.63, 3.8) is 0 Å². The quantitative estimate of drug-likeness (QED) is 0.605. The molecule has 5 nitrogen and oxygen atoms in total. The Labute approximate surface area is 149 Å². The van der Waals surface area contributed by atoms with Crippen molar-refractivity contribution < 1.29 is 13.9 Å². The van der Waals surface area contributed by atoms with E-state index < -0.39 is 5.95 Å². The third-order valence-corrected chi connectivity index (χ3v) is 5.49. The van der Waals surface area contributed by atoms with Crippen LogP contribution in [0.5, 0.6) is 0 Å². The molecule has 3 rings (SSSR count). The van der Waals surface area contributed by atoms with Crippen molar-refractivity contribution in [1.82, 2.24) is 14.8 Å². The van der Waals surface area contributed by atoms with Crippen molar-refractivity contribution in [2.24, 2.45) is 5.41 Å². The molecule has 25 heavy (non-hydrogen) atoms. The molecule has 3 heterocycles. The van der Waals surface area contributed by atoms with Crippen molar-refractivity contribution >= 4 is 5.91 Å². The van der Waals surface area contributed by atoms with Crippen molar-refractivity contribution in [3.05, 3.63) is 29.8 Å². The lowest BCUT2D eigenvalue weighted by Crippen LogP contribution is -2.53. The number of piperidine rings is 2. The van der Waals surface area contributed by atoms with Gasteiger partial charge in [-0.1, -0.05) is 0 Å². The molecule has 0 aromatic carbocycles. The Bertz CT molecular complexity index is 594. The van der Waals surface area contributed by atoms with Gasteiger partial charge in [-0.3, -0.25) is 4.79 Å². The highest BCUT2D eigenvalue weighted by Gasteiger charge is 2.40. The lowest BCUT2D eigenvalue weighted by molar-refractivity contribution is 0.0117. The first-order valence-corrected chi connectivity index (χ1v) is 9.24. The fourth-order valence-electron chi connectivity index (χ4n) is 4.37. The van der Waals surface area contributed by atoms with Gasteiger partial charge >= 0.3 is 0 Å². The first-order valence-electron chi connectivity index (χ1n) is 9.24. The van der Waals surface area contributed by atoms with Gasteiger partial charge in [0.1, 0.15) is 0 Å². The number of nitrogens with zero attached hydrogens (tertiary/aromatic N) is 3. The summed E-state index contributed by atoms with van der Waals surface area (Å²) in [5, 5.41) is 0. The molecule has 6 heteroatoms. The van der Waals surface area contributed by atoms with Crippen LogP contribution in [0.15, 0.2) is 18.3 Å². The van der Waals surface area contributed by atoms with Crippen molar-refractivity contribution in [1.29, 1.82) is 0 Å². The Kier molecular flexibility index (Phi) is 6.02. The molecule has 2 saturated heterocycles. The molecule has 1 aromatic heterocycles. The van der Waals surface area contributed by atoms with Crippen LogP contribution in [0.1, 0.15) is 42.5 Å².